The maximum Gasteiger partial charge on any atom is 0.180 e. The lowest BCUT2D eigenvalue weighted by Crippen LogP contribution is -2.17. The minimum Gasteiger partial charge on any atom is -0.392 e. The highest BCUT2D eigenvalue weighted by molar-refractivity contribution is 9.10. The van der Waals surface area contributed by atoms with Crippen molar-refractivity contribution in [2.24, 2.45) is 0 Å². The molecule has 0 aliphatic carbocycles. The van der Waals surface area contributed by atoms with E-state index in [9.17, 15) is 8.42 Å². The summed E-state index contributed by atoms with van der Waals surface area (Å²) in [4.78, 5) is 0.237. The van der Waals surface area contributed by atoms with Crippen molar-refractivity contribution in [3.63, 3.8) is 0 Å². The van der Waals surface area contributed by atoms with Gasteiger partial charge in [0.25, 0.3) is 0 Å². The number of hydrogen-bond donors (Lipinski definition) is 1. The van der Waals surface area contributed by atoms with Crippen LogP contribution in [0.5, 0.6) is 0 Å². The van der Waals surface area contributed by atoms with Crippen molar-refractivity contribution in [3.05, 3.63) is 28.2 Å². The normalized spacial score (nSPS) is 13.9. The van der Waals surface area contributed by atoms with Crippen LogP contribution in [0.4, 0.5) is 0 Å². The molecule has 1 atom stereocenters. The predicted molar refractivity (Wildman–Crippen MR) is 62.6 cm³/mol. The van der Waals surface area contributed by atoms with Crippen LogP contribution in [-0.2, 0) is 9.84 Å². The molecule has 84 valence electrons. The average molecular weight is 293 g/mol. The average Bonchev–Trinajstić information content (AvgIpc) is 2.07. The Bertz CT molecular complexity index is 452. The first-order valence-corrected chi connectivity index (χ1v) is 6.94. The zero-order valence-electron chi connectivity index (χ0n) is 8.57. The van der Waals surface area contributed by atoms with Gasteiger partial charge in [-0.2, -0.15) is 0 Å². The fraction of sp³-hybridized carbons (Fsp3) is 0.400. The van der Waals surface area contributed by atoms with Gasteiger partial charge in [-0.3, -0.25) is 0 Å². The molecule has 0 aliphatic heterocycles. The number of sulfone groups is 1. The summed E-state index contributed by atoms with van der Waals surface area (Å²) in [5.41, 5.74) is 0.978. The second kappa shape index (κ2) is 4.63. The van der Waals surface area contributed by atoms with Gasteiger partial charge in [-0.05, 0) is 31.5 Å². The van der Waals surface area contributed by atoms with Crippen LogP contribution in [0.1, 0.15) is 12.5 Å². The highest BCUT2D eigenvalue weighted by Crippen LogP contribution is 2.21. The van der Waals surface area contributed by atoms with E-state index in [2.05, 4.69) is 15.9 Å². The molecule has 0 aromatic heterocycles. The van der Waals surface area contributed by atoms with E-state index in [1.54, 1.807) is 18.2 Å². The molecule has 0 heterocycles. The van der Waals surface area contributed by atoms with Crippen molar-refractivity contribution in [2.45, 2.75) is 24.8 Å². The molecule has 0 saturated heterocycles. The fourth-order valence-corrected chi connectivity index (χ4v) is 3.11. The van der Waals surface area contributed by atoms with E-state index in [1.165, 1.54) is 6.92 Å². The minimum absolute atomic E-state index is 0.237. The van der Waals surface area contributed by atoms with Gasteiger partial charge in [0.1, 0.15) is 0 Å². The Kier molecular flexibility index (Phi) is 3.92. The third-order valence-electron chi connectivity index (χ3n) is 1.96. The van der Waals surface area contributed by atoms with Crippen molar-refractivity contribution in [3.8, 4) is 0 Å². The Morgan fingerprint density at radius 1 is 1.47 bits per heavy atom. The Labute approximate surface area is 98.2 Å². The third-order valence-corrected chi connectivity index (χ3v) is 4.71. The maximum atomic E-state index is 11.7. The molecule has 0 bridgehead atoms. The van der Waals surface area contributed by atoms with Crippen LogP contribution < -0.4 is 0 Å². The van der Waals surface area contributed by atoms with Crippen molar-refractivity contribution >= 4 is 25.8 Å². The molecule has 1 unspecified atom stereocenters. The van der Waals surface area contributed by atoms with Gasteiger partial charge in [0.05, 0.1) is 16.8 Å². The monoisotopic (exact) mass is 292 g/mol. The molecule has 0 saturated carbocycles. The van der Waals surface area contributed by atoms with E-state index >= 15 is 0 Å². The molecule has 0 aliphatic rings. The summed E-state index contributed by atoms with van der Waals surface area (Å²) >= 11 is 3.28. The summed E-state index contributed by atoms with van der Waals surface area (Å²) in [5, 5.41) is 9.08. The summed E-state index contributed by atoms with van der Waals surface area (Å²) in [6, 6.07) is 4.85. The molecular weight excluding hydrogens is 280 g/mol. The van der Waals surface area contributed by atoms with Gasteiger partial charge in [-0.1, -0.05) is 22.0 Å². The minimum atomic E-state index is -3.38. The van der Waals surface area contributed by atoms with Gasteiger partial charge in [0.15, 0.2) is 9.84 Å². The lowest BCUT2D eigenvalue weighted by atomic mass is 10.2. The van der Waals surface area contributed by atoms with Gasteiger partial charge < -0.3 is 5.11 Å². The van der Waals surface area contributed by atoms with Crippen molar-refractivity contribution in [1.82, 2.24) is 0 Å². The number of aliphatic hydroxyl groups excluding tert-OH is 1. The second-order valence-electron chi connectivity index (χ2n) is 3.54. The number of aryl methyl sites for hydroxylation is 1. The molecule has 0 amide bonds. The van der Waals surface area contributed by atoms with Crippen LogP contribution in [0.2, 0.25) is 0 Å². The van der Waals surface area contributed by atoms with Crippen LogP contribution >= 0.6 is 15.9 Å². The summed E-state index contributed by atoms with van der Waals surface area (Å²) in [5.74, 6) is -0.248. The molecular formula is C10H13BrO3S. The fourth-order valence-electron chi connectivity index (χ4n) is 1.18. The standard InChI is InChI=1S/C10H13BrO3S/c1-7-3-4-9(5-10(7)11)15(13,14)6-8(2)12/h3-5,8,12H,6H2,1-2H3. The van der Waals surface area contributed by atoms with Gasteiger partial charge in [0.2, 0.25) is 0 Å². The van der Waals surface area contributed by atoms with E-state index in [0.29, 0.717) is 0 Å². The zero-order chi connectivity index (χ0) is 11.6. The summed E-state index contributed by atoms with van der Waals surface area (Å²) < 4.78 is 24.2. The molecule has 1 aromatic rings. The quantitative estimate of drug-likeness (QED) is 0.926. The first kappa shape index (κ1) is 12.7. The van der Waals surface area contributed by atoms with Gasteiger partial charge in [-0.25, -0.2) is 8.42 Å². The SMILES string of the molecule is Cc1ccc(S(=O)(=O)CC(C)O)cc1Br. The first-order valence-electron chi connectivity index (χ1n) is 4.50. The van der Waals surface area contributed by atoms with Gasteiger partial charge in [-0.15, -0.1) is 0 Å². The van der Waals surface area contributed by atoms with E-state index < -0.39 is 15.9 Å². The van der Waals surface area contributed by atoms with Gasteiger partial charge >= 0.3 is 0 Å². The number of benzene rings is 1. The number of hydrogen-bond acceptors (Lipinski definition) is 3. The van der Waals surface area contributed by atoms with Crippen LogP contribution in [0.3, 0.4) is 0 Å². The molecule has 1 N–H and O–H groups in total. The van der Waals surface area contributed by atoms with E-state index in [-0.39, 0.29) is 10.6 Å². The Morgan fingerprint density at radius 2 is 2.07 bits per heavy atom. The highest BCUT2D eigenvalue weighted by Gasteiger charge is 2.17. The Morgan fingerprint density at radius 3 is 2.53 bits per heavy atom. The molecule has 0 fully saturated rings. The maximum absolute atomic E-state index is 11.7. The summed E-state index contributed by atoms with van der Waals surface area (Å²) in [6.07, 6.45) is -0.852. The van der Waals surface area contributed by atoms with Crippen LogP contribution in [-0.4, -0.2) is 25.4 Å². The summed E-state index contributed by atoms with van der Waals surface area (Å²) in [6.45, 7) is 3.34. The molecule has 15 heavy (non-hydrogen) atoms. The van der Waals surface area contributed by atoms with Crippen molar-refractivity contribution in [1.29, 1.82) is 0 Å². The number of rotatable bonds is 3. The second-order valence-corrected chi connectivity index (χ2v) is 6.43. The lowest BCUT2D eigenvalue weighted by molar-refractivity contribution is 0.218. The molecule has 5 heteroatoms. The molecule has 3 nitrogen and oxygen atoms in total. The van der Waals surface area contributed by atoms with Crippen molar-refractivity contribution < 1.29 is 13.5 Å². The smallest absolute Gasteiger partial charge is 0.180 e. The molecule has 1 rings (SSSR count). The topological polar surface area (TPSA) is 54.4 Å². The third kappa shape index (κ3) is 3.29. The van der Waals surface area contributed by atoms with E-state index in [1.807, 2.05) is 6.92 Å². The first-order chi connectivity index (χ1) is 6.83. The Hall–Kier alpha value is -0.390. The Balaban J connectivity index is 3.11. The van der Waals surface area contributed by atoms with Crippen LogP contribution in [0.25, 0.3) is 0 Å². The van der Waals surface area contributed by atoms with E-state index in [0.717, 1.165) is 10.0 Å². The predicted octanol–water partition coefficient (Wildman–Crippen LogP) is 1.91. The van der Waals surface area contributed by atoms with E-state index in [4.69, 9.17) is 5.11 Å². The summed E-state index contributed by atoms with van der Waals surface area (Å²) in [7, 11) is -3.38. The highest BCUT2D eigenvalue weighted by atomic mass is 79.9. The van der Waals surface area contributed by atoms with Crippen molar-refractivity contribution in [2.75, 3.05) is 5.75 Å². The number of halogens is 1. The van der Waals surface area contributed by atoms with Crippen LogP contribution in [0.15, 0.2) is 27.6 Å². The zero-order valence-corrected chi connectivity index (χ0v) is 11.0. The van der Waals surface area contributed by atoms with Gasteiger partial charge in [0, 0.05) is 4.47 Å². The van der Waals surface area contributed by atoms with Crippen LogP contribution in [0, 0.1) is 6.92 Å². The molecule has 1 aromatic carbocycles. The molecule has 0 radical (unpaired) electrons. The largest absolute Gasteiger partial charge is 0.392 e. The molecule has 0 spiro atoms. The number of aliphatic hydroxyl groups is 1. The lowest BCUT2D eigenvalue weighted by Gasteiger charge is -2.07.